The molecule has 0 aliphatic heterocycles. The zero-order valence-corrected chi connectivity index (χ0v) is 15.2. The quantitative estimate of drug-likeness (QED) is 0.806. The number of allylic oxidation sites excluding steroid dienone is 1. The van der Waals surface area contributed by atoms with Gasteiger partial charge in [0.15, 0.2) is 0 Å². The lowest BCUT2D eigenvalue weighted by Crippen LogP contribution is -2.15. The van der Waals surface area contributed by atoms with E-state index in [9.17, 15) is 4.39 Å². The Hall–Kier alpha value is -1.90. The van der Waals surface area contributed by atoms with Crippen molar-refractivity contribution in [2.24, 2.45) is 17.3 Å². The summed E-state index contributed by atoms with van der Waals surface area (Å²) in [5, 5.41) is 4.19. The Kier molecular flexibility index (Phi) is 4.05. The van der Waals surface area contributed by atoms with Crippen LogP contribution in [-0.4, -0.2) is 12.0 Å². The van der Waals surface area contributed by atoms with Crippen LogP contribution in [-0.2, 0) is 0 Å². The molecule has 4 rings (SSSR count). The Morgan fingerprint density at radius 2 is 2.16 bits per heavy atom. The van der Waals surface area contributed by atoms with Crippen LogP contribution < -0.4 is 5.32 Å². The molecule has 1 aromatic heterocycles. The van der Waals surface area contributed by atoms with Crippen molar-refractivity contribution < 1.29 is 4.39 Å². The molecule has 1 N–H and O–H groups in total. The summed E-state index contributed by atoms with van der Waals surface area (Å²) in [7, 11) is 1.96. The first-order valence-electron chi connectivity index (χ1n) is 9.38. The molecule has 2 fully saturated rings. The van der Waals surface area contributed by atoms with E-state index in [-0.39, 0.29) is 5.82 Å². The average Bonchev–Trinajstić information content (AvgIpc) is 3.05. The number of hydrogen-bond acceptors (Lipinski definition) is 2. The second-order valence-corrected chi connectivity index (χ2v) is 8.41. The third-order valence-electron chi connectivity index (χ3n) is 6.71. The molecule has 1 aromatic carbocycles. The topological polar surface area (TPSA) is 24.9 Å². The summed E-state index contributed by atoms with van der Waals surface area (Å²) in [6.07, 6.45) is 7.98. The van der Waals surface area contributed by atoms with Gasteiger partial charge in [-0.25, -0.2) is 4.39 Å². The van der Waals surface area contributed by atoms with Crippen molar-refractivity contribution in [3.05, 3.63) is 54.1 Å². The van der Waals surface area contributed by atoms with Crippen molar-refractivity contribution in [3.63, 3.8) is 0 Å². The highest BCUT2D eigenvalue weighted by molar-refractivity contribution is 5.82. The first-order valence-corrected chi connectivity index (χ1v) is 9.38. The molecule has 4 atom stereocenters. The van der Waals surface area contributed by atoms with Crippen LogP contribution in [0, 0.1) is 23.1 Å². The molecule has 0 amide bonds. The molecule has 2 aromatic rings. The number of halogens is 1. The number of pyridine rings is 1. The summed E-state index contributed by atoms with van der Waals surface area (Å²) < 4.78 is 13.8. The van der Waals surface area contributed by atoms with Gasteiger partial charge in [0.2, 0.25) is 0 Å². The Morgan fingerprint density at radius 3 is 2.92 bits per heavy atom. The van der Waals surface area contributed by atoms with Crippen molar-refractivity contribution in [2.75, 3.05) is 7.05 Å². The molecule has 0 radical (unpaired) electrons. The fourth-order valence-electron chi connectivity index (χ4n) is 5.56. The van der Waals surface area contributed by atoms with Crippen LogP contribution in [0.25, 0.3) is 10.9 Å². The first-order chi connectivity index (χ1) is 12.0. The summed E-state index contributed by atoms with van der Waals surface area (Å²) >= 11 is 0. The second kappa shape index (κ2) is 6.12. The van der Waals surface area contributed by atoms with E-state index in [1.54, 1.807) is 12.1 Å². The number of fused-ring (bicyclic) bond motifs is 2. The van der Waals surface area contributed by atoms with Crippen molar-refractivity contribution >= 4 is 10.9 Å². The lowest BCUT2D eigenvalue weighted by Gasteiger charge is -2.24. The smallest absolute Gasteiger partial charge is 0.123 e. The van der Waals surface area contributed by atoms with Crippen molar-refractivity contribution in [2.45, 2.75) is 44.9 Å². The van der Waals surface area contributed by atoms with Crippen LogP contribution in [0.2, 0.25) is 0 Å². The van der Waals surface area contributed by atoms with Gasteiger partial charge in [-0.05, 0) is 85.1 Å². The molecular weight excluding hydrogens is 311 g/mol. The molecule has 25 heavy (non-hydrogen) atoms. The normalized spacial score (nSPS) is 31.2. The molecule has 0 spiro atoms. The number of nitrogens with one attached hydrogen (secondary N) is 1. The molecule has 132 valence electrons. The van der Waals surface area contributed by atoms with Gasteiger partial charge in [-0.3, -0.25) is 4.98 Å². The van der Waals surface area contributed by atoms with Crippen molar-refractivity contribution in [3.8, 4) is 0 Å². The highest BCUT2D eigenvalue weighted by Crippen LogP contribution is 2.61. The summed E-state index contributed by atoms with van der Waals surface area (Å²) in [5.74, 6) is 1.87. The molecular formula is C22H27FN2. The van der Waals surface area contributed by atoms with Gasteiger partial charge in [0.25, 0.3) is 0 Å². The maximum absolute atomic E-state index is 13.8. The summed E-state index contributed by atoms with van der Waals surface area (Å²) in [4.78, 5) is 4.41. The van der Waals surface area contributed by atoms with Crippen LogP contribution in [0.1, 0.15) is 50.5 Å². The lowest BCUT2D eigenvalue weighted by molar-refractivity contribution is 0.270. The molecule has 2 saturated carbocycles. The Balaban J connectivity index is 1.57. The Labute approximate surface area is 149 Å². The maximum atomic E-state index is 13.8. The molecule has 2 aliphatic carbocycles. The van der Waals surface area contributed by atoms with Gasteiger partial charge in [0, 0.05) is 24.3 Å². The van der Waals surface area contributed by atoms with E-state index < -0.39 is 0 Å². The second-order valence-electron chi connectivity index (χ2n) is 8.41. The molecule has 1 unspecified atom stereocenters. The minimum atomic E-state index is -0.170. The van der Waals surface area contributed by atoms with Gasteiger partial charge >= 0.3 is 0 Å². The summed E-state index contributed by atoms with van der Waals surface area (Å²) in [6, 6.07) is 7.07. The third-order valence-corrected chi connectivity index (χ3v) is 6.71. The first kappa shape index (κ1) is 16.6. The van der Waals surface area contributed by atoms with E-state index in [0.717, 1.165) is 34.9 Å². The van der Waals surface area contributed by atoms with Gasteiger partial charge in [-0.15, -0.1) is 0 Å². The zero-order valence-electron chi connectivity index (χ0n) is 15.2. The molecule has 0 bridgehead atoms. The minimum absolute atomic E-state index is 0.170. The van der Waals surface area contributed by atoms with Gasteiger partial charge in [-0.2, -0.15) is 0 Å². The molecule has 2 aliphatic rings. The highest BCUT2D eigenvalue weighted by atomic mass is 19.1. The predicted octanol–water partition coefficient (Wildman–Crippen LogP) is 5.41. The van der Waals surface area contributed by atoms with Crippen LogP contribution in [0.15, 0.2) is 42.7 Å². The van der Waals surface area contributed by atoms with Gasteiger partial charge in [-0.1, -0.05) is 13.5 Å². The van der Waals surface area contributed by atoms with Gasteiger partial charge in [0.1, 0.15) is 5.82 Å². The number of nitrogens with zero attached hydrogens (tertiary/aromatic N) is 1. The van der Waals surface area contributed by atoms with Gasteiger partial charge < -0.3 is 5.32 Å². The van der Waals surface area contributed by atoms with Crippen LogP contribution in [0.5, 0.6) is 0 Å². The van der Waals surface area contributed by atoms with Crippen molar-refractivity contribution in [1.29, 1.82) is 0 Å². The Bertz CT molecular complexity index is 815. The number of hydrogen-bond donors (Lipinski definition) is 1. The monoisotopic (exact) mass is 338 g/mol. The largest absolute Gasteiger partial charge is 0.392 e. The van der Waals surface area contributed by atoms with E-state index in [0.29, 0.717) is 11.3 Å². The fraction of sp³-hybridized carbons (Fsp3) is 0.500. The lowest BCUT2D eigenvalue weighted by atomic mass is 9.81. The van der Waals surface area contributed by atoms with E-state index in [1.807, 2.05) is 13.2 Å². The molecule has 2 nitrogen and oxygen atoms in total. The average molecular weight is 338 g/mol. The van der Waals surface area contributed by atoms with E-state index in [4.69, 9.17) is 0 Å². The third kappa shape index (κ3) is 2.94. The predicted molar refractivity (Wildman–Crippen MR) is 101 cm³/mol. The zero-order chi connectivity index (χ0) is 17.6. The molecule has 0 saturated heterocycles. The van der Waals surface area contributed by atoms with Gasteiger partial charge in [0.05, 0.1) is 5.52 Å². The summed E-state index contributed by atoms with van der Waals surface area (Å²) in [6.45, 7) is 6.57. The van der Waals surface area contributed by atoms with Crippen molar-refractivity contribution in [1.82, 2.24) is 10.3 Å². The summed E-state index contributed by atoms with van der Waals surface area (Å²) in [5.41, 5.74) is 3.76. The van der Waals surface area contributed by atoms with Crippen LogP contribution >= 0.6 is 0 Å². The maximum Gasteiger partial charge on any atom is 0.123 e. The van der Waals surface area contributed by atoms with E-state index >= 15 is 0 Å². The Morgan fingerprint density at radius 1 is 1.32 bits per heavy atom. The van der Waals surface area contributed by atoms with E-state index in [1.165, 1.54) is 37.3 Å². The van der Waals surface area contributed by atoms with E-state index in [2.05, 4.69) is 29.9 Å². The SMILES string of the molecule is C=C(C[C@@H]1CC2C[C@H](c3ccnc4ccc(F)cc34)C[C@]2(C)C1)NC. The van der Waals surface area contributed by atoms with Crippen LogP contribution in [0.3, 0.4) is 0 Å². The molecule has 1 heterocycles. The highest BCUT2D eigenvalue weighted by Gasteiger charge is 2.50. The fourth-order valence-corrected chi connectivity index (χ4v) is 5.56. The van der Waals surface area contributed by atoms with Crippen LogP contribution in [0.4, 0.5) is 4.39 Å². The number of aromatic nitrogens is 1. The number of benzene rings is 1. The molecule has 3 heteroatoms. The minimum Gasteiger partial charge on any atom is -0.392 e. The number of rotatable bonds is 4. The standard InChI is InChI=1S/C22H27FN2/c1-14(24-3)8-15-9-17-10-16(13-22(17,2)12-15)19-6-7-25-21-5-4-18(23)11-20(19)21/h4-7,11,15-17,24H,1,8-10,12-13H2,2-3H3/t15-,16+,17?,22+/m1/s1.